The van der Waals surface area contributed by atoms with E-state index in [-0.39, 0.29) is 5.56 Å². The second kappa shape index (κ2) is 8.86. The molecule has 1 aromatic heterocycles. The van der Waals surface area contributed by atoms with Crippen molar-refractivity contribution in [2.24, 2.45) is 0 Å². The smallest absolute Gasteiger partial charge is 0.270 e. The summed E-state index contributed by atoms with van der Waals surface area (Å²) in [5, 5.41) is 4.08. The van der Waals surface area contributed by atoms with Crippen molar-refractivity contribution in [2.45, 2.75) is 26.1 Å². The molecule has 1 aliphatic heterocycles. The highest BCUT2D eigenvalue weighted by Crippen LogP contribution is 2.18. The Labute approximate surface area is 159 Å². The largest absolute Gasteiger partial charge is 0.383 e. The van der Waals surface area contributed by atoms with Gasteiger partial charge in [-0.15, -0.1) is 0 Å². The highest BCUT2D eigenvalue weighted by molar-refractivity contribution is 6.30. The Morgan fingerprint density at radius 1 is 1.27 bits per heavy atom. The maximum atomic E-state index is 12.6. The molecule has 0 fully saturated rings. The summed E-state index contributed by atoms with van der Waals surface area (Å²) in [4.78, 5) is 17.1. The molecule has 0 saturated carbocycles. The van der Waals surface area contributed by atoms with E-state index < -0.39 is 0 Å². The van der Waals surface area contributed by atoms with Crippen LogP contribution in [0.25, 0.3) is 0 Å². The van der Waals surface area contributed by atoms with Gasteiger partial charge in [0.15, 0.2) is 0 Å². The van der Waals surface area contributed by atoms with Crippen LogP contribution in [0.2, 0.25) is 5.02 Å². The molecule has 26 heavy (non-hydrogen) atoms. The molecule has 2 heterocycles. The Hall–Kier alpha value is -1.60. The number of aromatic nitrogens is 2. The number of rotatable bonds is 8. The molecule has 0 radical (unpaired) electrons. The molecular formula is C19H27ClN4O2. The lowest BCUT2D eigenvalue weighted by atomic mass is 10.1. The quantitative estimate of drug-likeness (QED) is 0.763. The van der Waals surface area contributed by atoms with Crippen LogP contribution >= 0.6 is 11.6 Å². The minimum atomic E-state index is 0.131. The van der Waals surface area contributed by atoms with Crippen molar-refractivity contribution in [3.8, 4) is 0 Å². The second-order valence-electron chi connectivity index (χ2n) is 6.91. The van der Waals surface area contributed by atoms with Gasteiger partial charge in [0.05, 0.1) is 18.8 Å². The number of halogens is 1. The number of likely N-dealkylation sites (N-methyl/N-ethyl adjacent to an activating group) is 1. The van der Waals surface area contributed by atoms with E-state index in [0.717, 1.165) is 55.4 Å². The molecule has 0 atom stereocenters. The lowest BCUT2D eigenvalue weighted by molar-refractivity contribution is 0.158. The molecule has 0 saturated heterocycles. The number of aromatic amines is 1. The standard InChI is InChI=1S/C19H27ClN4O2/c1-22(11-12-26-2)9-10-24-19(25)17-7-8-23(14-18(17)21-24)13-15-3-5-16(20)6-4-15/h3-6,21H,7-14H2,1-2H3. The molecule has 2 aromatic rings. The van der Waals surface area contributed by atoms with Gasteiger partial charge in [0, 0.05) is 50.4 Å². The zero-order valence-corrected chi connectivity index (χ0v) is 16.3. The lowest BCUT2D eigenvalue weighted by Crippen LogP contribution is -2.32. The minimum Gasteiger partial charge on any atom is -0.383 e. The summed E-state index contributed by atoms with van der Waals surface area (Å²) in [5.74, 6) is 0. The molecule has 1 N–H and O–H groups in total. The molecule has 6 nitrogen and oxygen atoms in total. The Kier molecular flexibility index (Phi) is 6.53. The Morgan fingerprint density at radius 2 is 2.04 bits per heavy atom. The zero-order valence-electron chi connectivity index (χ0n) is 15.5. The van der Waals surface area contributed by atoms with E-state index in [2.05, 4.69) is 27.0 Å². The number of nitrogens with zero attached hydrogens (tertiary/aromatic N) is 3. The predicted octanol–water partition coefficient (Wildman–Crippen LogP) is 1.97. The summed E-state index contributed by atoms with van der Waals surface area (Å²) in [6.45, 7) is 5.59. The molecular weight excluding hydrogens is 352 g/mol. The fourth-order valence-electron chi connectivity index (χ4n) is 3.30. The van der Waals surface area contributed by atoms with Crippen molar-refractivity contribution in [2.75, 3.05) is 40.4 Å². The number of methoxy groups -OCH3 is 1. The van der Waals surface area contributed by atoms with Crippen molar-refractivity contribution in [3.63, 3.8) is 0 Å². The molecule has 3 rings (SSSR count). The lowest BCUT2D eigenvalue weighted by Gasteiger charge is -2.25. The molecule has 0 bridgehead atoms. The Morgan fingerprint density at radius 3 is 2.77 bits per heavy atom. The molecule has 7 heteroatoms. The van der Waals surface area contributed by atoms with Gasteiger partial charge in [-0.1, -0.05) is 23.7 Å². The average molecular weight is 379 g/mol. The van der Waals surface area contributed by atoms with E-state index in [9.17, 15) is 4.79 Å². The summed E-state index contributed by atoms with van der Waals surface area (Å²) >= 11 is 5.95. The van der Waals surface area contributed by atoms with Crippen LogP contribution in [0.15, 0.2) is 29.1 Å². The monoisotopic (exact) mass is 378 g/mol. The first-order chi connectivity index (χ1) is 12.6. The van der Waals surface area contributed by atoms with Crippen molar-refractivity contribution in [1.82, 2.24) is 19.6 Å². The van der Waals surface area contributed by atoms with Gasteiger partial charge in [-0.05, 0) is 31.2 Å². The number of nitrogens with one attached hydrogen (secondary N) is 1. The van der Waals surface area contributed by atoms with Crippen LogP contribution in [-0.2, 0) is 30.8 Å². The summed E-state index contributed by atoms with van der Waals surface area (Å²) in [6.07, 6.45) is 0.796. The van der Waals surface area contributed by atoms with Crippen molar-refractivity contribution in [3.05, 3.63) is 56.5 Å². The molecule has 1 aromatic carbocycles. The second-order valence-corrected chi connectivity index (χ2v) is 7.35. The van der Waals surface area contributed by atoms with E-state index in [1.54, 1.807) is 11.8 Å². The van der Waals surface area contributed by atoms with E-state index in [1.807, 2.05) is 19.2 Å². The molecule has 0 unspecified atom stereocenters. The van der Waals surface area contributed by atoms with Crippen LogP contribution in [0.3, 0.4) is 0 Å². The van der Waals surface area contributed by atoms with Crippen LogP contribution in [0, 0.1) is 0 Å². The normalized spacial score (nSPS) is 14.8. The van der Waals surface area contributed by atoms with Gasteiger partial charge in [-0.3, -0.25) is 19.5 Å². The maximum Gasteiger partial charge on any atom is 0.270 e. The van der Waals surface area contributed by atoms with Gasteiger partial charge in [0.1, 0.15) is 0 Å². The van der Waals surface area contributed by atoms with E-state index in [4.69, 9.17) is 16.3 Å². The first kappa shape index (κ1) is 19.2. The number of benzene rings is 1. The molecule has 142 valence electrons. The molecule has 0 amide bonds. The first-order valence-electron chi connectivity index (χ1n) is 9.01. The highest BCUT2D eigenvalue weighted by atomic mass is 35.5. The predicted molar refractivity (Wildman–Crippen MR) is 104 cm³/mol. The van der Waals surface area contributed by atoms with Gasteiger partial charge in [0.25, 0.3) is 5.56 Å². The number of H-pyrrole nitrogens is 1. The molecule has 0 spiro atoms. The Balaban J connectivity index is 1.60. The average Bonchev–Trinajstić information content (AvgIpc) is 2.95. The van der Waals surface area contributed by atoms with E-state index in [0.29, 0.717) is 13.2 Å². The number of fused-ring (bicyclic) bond motifs is 1. The van der Waals surface area contributed by atoms with Crippen LogP contribution in [0.1, 0.15) is 16.8 Å². The van der Waals surface area contributed by atoms with Crippen molar-refractivity contribution >= 4 is 11.6 Å². The number of ether oxygens (including phenoxy) is 1. The fourth-order valence-corrected chi connectivity index (χ4v) is 3.43. The fraction of sp³-hybridized carbons (Fsp3) is 0.526. The summed E-state index contributed by atoms with van der Waals surface area (Å²) < 4.78 is 6.84. The Bertz CT molecular complexity index is 769. The molecule has 1 aliphatic rings. The third kappa shape index (κ3) is 4.76. The van der Waals surface area contributed by atoms with Crippen LogP contribution in [0.5, 0.6) is 0 Å². The maximum absolute atomic E-state index is 12.6. The van der Waals surface area contributed by atoms with Crippen LogP contribution < -0.4 is 5.56 Å². The third-order valence-corrected chi connectivity index (χ3v) is 5.15. The minimum absolute atomic E-state index is 0.131. The van der Waals surface area contributed by atoms with Gasteiger partial charge in [0.2, 0.25) is 0 Å². The van der Waals surface area contributed by atoms with Gasteiger partial charge in [-0.2, -0.15) is 0 Å². The first-order valence-corrected chi connectivity index (χ1v) is 9.39. The summed E-state index contributed by atoms with van der Waals surface area (Å²) in [6, 6.07) is 7.96. The topological polar surface area (TPSA) is 53.5 Å². The van der Waals surface area contributed by atoms with E-state index in [1.165, 1.54) is 5.56 Å². The molecule has 0 aliphatic carbocycles. The summed E-state index contributed by atoms with van der Waals surface area (Å²) in [7, 11) is 3.74. The van der Waals surface area contributed by atoms with Gasteiger partial charge < -0.3 is 9.64 Å². The van der Waals surface area contributed by atoms with Crippen LogP contribution in [-0.4, -0.2) is 60.0 Å². The number of hydrogen-bond acceptors (Lipinski definition) is 4. The van der Waals surface area contributed by atoms with Crippen molar-refractivity contribution in [1.29, 1.82) is 0 Å². The zero-order chi connectivity index (χ0) is 18.5. The third-order valence-electron chi connectivity index (χ3n) is 4.90. The van der Waals surface area contributed by atoms with Crippen LogP contribution in [0.4, 0.5) is 0 Å². The summed E-state index contributed by atoms with van der Waals surface area (Å²) in [5.41, 5.74) is 3.36. The SMILES string of the molecule is COCCN(C)CCn1[nH]c2c(c1=O)CCN(Cc1ccc(Cl)cc1)C2. The van der Waals surface area contributed by atoms with E-state index >= 15 is 0 Å². The van der Waals surface area contributed by atoms with Crippen molar-refractivity contribution < 1.29 is 4.74 Å². The highest BCUT2D eigenvalue weighted by Gasteiger charge is 2.22. The number of hydrogen-bond donors (Lipinski definition) is 1. The van der Waals surface area contributed by atoms with Gasteiger partial charge >= 0.3 is 0 Å². The van der Waals surface area contributed by atoms with Gasteiger partial charge in [-0.25, -0.2) is 0 Å².